The lowest BCUT2D eigenvalue weighted by Crippen LogP contribution is -2.59. The Morgan fingerprint density at radius 1 is 1.13 bits per heavy atom. The summed E-state index contributed by atoms with van der Waals surface area (Å²) in [6, 6.07) is 8.00. The van der Waals surface area contributed by atoms with Gasteiger partial charge in [0.15, 0.2) is 0 Å². The van der Waals surface area contributed by atoms with E-state index in [0.29, 0.717) is 38.3 Å². The van der Waals surface area contributed by atoms with Crippen molar-refractivity contribution in [2.24, 2.45) is 11.1 Å². The molecule has 1 aromatic carbocycles. The van der Waals surface area contributed by atoms with Gasteiger partial charge in [-0.3, -0.25) is 24.5 Å². The molecule has 3 aromatic heterocycles. The third-order valence-corrected chi connectivity index (χ3v) is 12.4. The van der Waals surface area contributed by atoms with Crippen molar-refractivity contribution in [3.05, 3.63) is 52.1 Å². The number of carbonyl (C=O) groups is 2. The molecule has 0 radical (unpaired) electrons. The highest BCUT2D eigenvalue weighted by atomic mass is 32.1. The largest absolute Gasteiger partial charge is 0.464 e. The van der Waals surface area contributed by atoms with Gasteiger partial charge in [0.2, 0.25) is 0 Å². The maximum atomic E-state index is 13.6. The predicted molar refractivity (Wildman–Crippen MR) is 212 cm³/mol. The summed E-state index contributed by atoms with van der Waals surface area (Å²) >= 11 is 1.52. The molecule has 4 aromatic rings. The first-order chi connectivity index (χ1) is 26.0. The molecule has 13 heteroatoms. The van der Waals surface area contributed by atoms with Crippen molar-refractivity contribution in [2.75, 3.05) is 57.4 Å². The normalized spacial score (nSPS) is 24.1. The number of pyridine rings is 1. The monoisotopic (exact) mass is 754 g/mol. The number of aromatic nitrogens is 3. The molecule has 3 fully saturated rings. The van der Waals surface area contributed by atoms with Crippen molar-refractivity contribution in [1.82, 2.24) is 29.9 Å². The summed E-state index contributed by atoms with van der Waals surface area (Å²) < 4.78 is 14.4. The quantitative estimate of drug-likeness (QED) is 0.275. The summed E-state index contributed by atoms with van der Waals surface area (Å²) in [6.45, 7) is 17.9. The maximum Gasteiger partial charge on any atom is 0.324 e. The van der Waals surface area contributed by atoms with Crippen molar-refractivity contribution in [1.29, 1.82) is 0 Å². The number of hydrazine groups is 1. The van der Waals surface area contributed by atoms with Gasteiger partial charge in [-0.25, -0.2) is 10.4 Å². The van der Waals surface area contributed by atoms with Crippen LogP contribution < -0.4 is 16.1 Å². The first kappa shape index (κ1) is 37.1. The van der Waals surface area contributed by atoms with Crippen LogP contribution in [-0.2, 0) is 38.4 Å². The standard InChI is InChI=1S/C41H54N8O4S/c1-6-48-35-10-9-26-16-29(35)31(38(48)30-17-27(20-43-37(30)25(2)3)47-13-12-46-14-15-52-22-28(46)21-47)19-41(4,5)24-53-40(51)33-8-7-11-49(45-33)39(50)32(42)18-36-44-34(26)23-54-36/h9-10,16-17,20,23,25,28,32-33,45H,6-8,11-15,18-19,21-22,24,42H2,1-5H3/t28-,32-,33-/m0/s1. The second kappa shape index (κ2) is 15.0. The van der Waals surface area contributed by atoms with E-state index in [0.717, 1.165) is 90.1 Å². The summed E-state index contributed by atoms with van der Waals surface area (Å²) in [5.41, 5.74) is 17.9. The van der Waals surface area contributed by atoms with E-state index in [-0.39, 0.29) is 24.4 Å². The molecule has 54 heavy (non-hydrogen) atoms. The molecule has 0 saturated carbocycles. The highest BCUT2D eigenvalue weighted by Gasteiger charge is 2.35. The van der Waals surface area contributed by atoms with Crippen LogP contribution in [-0.4, -0.2) is 107 Å². The molecule has 4 aliphatic rings. The molecule has 3 saturated heterocycles. The minimum atomic E-state index is -0.779. The number of fused-ring (bicyclic) bond motifs is 7. The number of anilines is 1. The van der Waals surface area contributed by atoms with E-state index < -0.39 is 17.5 Å². The van der Waals surface area contributed by atoms with Crippen LogP contribution in [0.5, 0.6) is 0 Å². The van der Waals surface area contributed by atoms with E-state index >= 15 is 0 Å². The summed E-state index contributed by atoms with van der Waals surface area (Å²) in [7, 11) is 0. The maximum absolute atomic E-state index is 13.6. The zero-order chi connectivity index (χ0) is 37.7. The third-order valence-electron chi connectivity index (χ3n) is 11.5. The number of morpholine rings is 1. The molecule has 0 unspecified atom stereocenters. The number of carbonyl (C=O) groups excluding carboxylic acids is 2. The topological polar surface area (TPSA) is 131 Å². The van der Waals surface area contributed by atoms with Gasteiger partial charge in [-0.2, -0.15) is 0 Å². The molecule has 7 heterocycles. The van der Waals surface area contributed by atoms with Crippen LogP contribution in [0, 0.1) is 5.41 Å². The van der Waals surface area contributed by atoms with Gasteiger partial charge >= 0.3 is 5.97 Å². The van der Waals surface area contributed by atoms with Gasteiger partial charge in [0, 0.05) is 78.5 Å². The predicted octanol–water partition coefficient (Wildman–Crippen LogP) is 4.98. The first-order valence-electron chi connectivity index (χ1n) is 19.7. The van der Waals surface area contributed by atoms with E-state index in [1.807, 2.05) is 0 Å². The number of hydrogen-bond acceptors (Lipinski definition) is 11. The molecule has 0 spiro atoms. The summed E-state index contributed by atoms with van der Waals surface area (Å²) in [6.07, 6.45) is 4.33. The Balaban J connectivity index is 1.26. The van der Waals surface area contributed by atoms with Gasteiger partial charge in [-0.05, 0) is 55.9 Å². The summed E-state index contributed by atoms with van der Waals surface area (Å²) in [5.74, 6) is -0.387. The number of nitrogens with zero attached hydrogens (tertiary/aromatic N) is 6. The molecule has 288 valence electrons. The number of nitrogens with one attached hydrogen (secondary N) is 1. The van der Waals surface area contributed by atoms with E-state index in [1.54, 1.807) is 0 Å². The molecule has 0 aliphatic carbocycles. The molecular formula is C41H54N8O4S. The van der Waals surface area contributed by atoms with Gasteiger partial charge < -0.3 is 24.7 Å². The van der Waals surface area contributed by atoms with E-state index in [1.165, 1.54) is 27.6 Å². The molecule has 4 aliphatic heterocycles. The van der Waals surface area contributed by atoms with Gasteiger partial charge in [-0.15, -0.1) is 11.3 Å². The highest BCUT2D eigenvalue weighted by Crippen LogP contribution is 2.43. The molecular weight excluding hydrogens is 701 g/mol. The van der Waals surface area contributed by atoms with Gasteiger partial charge in [0.25, 0.3) is 5.91 Å². The molecule has 1 amide bonds. The molecule has 8 rings (SSSR count). The van der Waals surface area contributed by atoms with Crippen molar-refractivity contribution in [2.45, 2.75) is 90.9 Å². The minimum absolute atomic E-state index is 0.200. The number of piperazine rings is 1. The van der Waals surface area contributed by atoms with Crippen molar-refractivity contribution < 1.29 is 19.1 Å². The zero-order valence-electron chi connectivity index (χ0n) is 32.3. The fourth-order valence-electron chi connectivity index (χ4n) is 8.69. The SMILES string of the molecule is CCn1c(-c2cc(N3CCN4CCOC[C@@H]4C3)cnc2C(C)C)c2c3cc(ccc31)-c1csc(n1)C[C@H](N)C(=O)N1CCC[C@H](N1)C(=O)OCC(C)(C)C2. The van der Waals surface area contributed by atoms with Crippen molar-refractivity contribution >= 4 is 39.8 Å². The second-order valence-corrected chi connectivity index (χ2v) is 17.4. The minimum Gasteiger partial charge on any atom is -0.464 e. The van der Waals surface area contributed by atoms with Crippen LogP contribution in [0.2, 0.25) is 0 Å². The average molecular weight is 755 g/mol. The molecule has 6 bridgehead atoms. The lowest BCUT2D eigenvalue weighted by Gasteiger charge is -2.44. The van der Waals surface area contributed by atoms with Gasteiger partial charge in [0.1, 0.15) is 6.04 Å². The molecule has 3 N–H and O–H groups in total. The number of esters is 1. The van der Waals surface area contributed by atoms with Crippen molar-refractivity contribution in [3.63, 3.8) is 0 Å². The summed E-state index contributed by atoms with van der Waals surface area (Å²) in [5, 5.41) is 5.52. The first-order valence-corrected chi connectivity index (χ1v) is 20.5. The molecule has 12 nitrogen and oxygen atoms in total. The van der Waals surface area contributed by atoms with E-state index in [4.69, 9.17) is 25.2 Å². The Morgan fingerprint density at radius 3 is 2.80 bits per heavy atom. The van der Waals surface area contributed by atoms with E-state index in [2.05, 4.69) is 90.3 Å². The number of ether oxygens (including phenoxy) is 2. The Morgan fingerprint density at radius 2 is 1.98 bits per heavy atom. The van der Waals surface area contributed by atoms with Crippen LogP contribution in [0.4, 0.5) is 5.69 Å². The Labute approximate surface area is 322 Å². The average Bonchev–Trinajstić information content (AvgIpc) is 3.77. The Kier molecular flexibility index (Phi) is 10.3. The smallest absolute Gasteiger partial charge is 0.324 e. The fourth-order valence-corrected chi connectivity index (χ4v) is 9.55. The number of aryl methyl sites for hydroxylation is 1. The number of rotatable bonds is 4. The van der Waals surface area contributed by atoms with Crippen LogP contribution in [0.1, 0.15) is 69.6 Å². The zero-order valence-corrected chi connectivity index (χ0v) is 33.1. The number of benzene rings is 1. The number of nitrogens with two attached hydrogens (primary N) is 1. The number of thiazole rings is 1. The highest BCUT2D eigenvalue weighted by molar-refractivity contribution is 7.10. The number of hydrogen-bond donors (Lipinski definition) is 2. The van der Waals surface area contributed by atoms with Crippen LogP contribution >= 0.6 is 11.3 Å². The fraction of sp³-hybridized carbons (Fsp3) is 0.561. The lowest BCUT2D eigenvalue weighted by molar-refractivity contribution is -0.154. The third kappa shape index (κ3) is 7.16. The number of cyclic esters (lactones) is 1. The second-order valence-electron chi connectivity index (χ2n) is 16.5. The van der Waals surface area contributed by atoms with Crippen LogP contribution in [0.25, 0.3) is 33.4 Å². The lowest BCUT2D eigenvalue weighted by atomic mass is 9.84. The van der Waals surface area contributed by atoms with Gasteiger partial charge in [0.05, 0.1) is 65.9 Å². The van der Waals surface area contributed by atoms with E-state index in [9.17, 15) is 9.59 Å². The Bertz CT molecular complexity index is 2040. The van der Waals surface area contributed by atoms with Crippen LogP contribution in [0.15, 0.2) is 35.8 Å². The number of amides is 1. The molecule has 3 atom stereocenters. The van der Waals surface area contributed by atoms with Gasteiger partial charge in [-0.1, -0.05) is 33.8 Å². The Hall–Kier alpha value is -3.88. The van der Waals surface area contributed by atoms with Crippen LogP contribution in [0.3, 0.4) is 0 Å². The van der Waals surface area contributed by atoms with Crippen molar-refractivity contribution in [3.8, 4) is 22.5 Å². The summed E-state index contributed by atoms with van der Waals surface area (Å²) in [4.78, 5) is 42.2.